The number of fused-ring (bicyclic) bond motifs is 2. The van der Waals surface area contributed by atoms with Gasteiger partial charge in [-0.15, -0.1) is 0 Å². The third-order valence-corrected chi connectivity index (χ3v) is 11.3. The second-order valence-corrected chi connectivity index (χ2v) is 15.8. The van der Waals surface area contributed by atoms with Gasteiger partial charge in [-0.25, -0.2) is 9.97 Å². The Morgan fingerprint density at radius 3 is 1.50 bits per heavy atom. The Morgan fingerprint density at radius 1 is 0.697 bits per heavy atom. The zero-order valence-electron chi connectivity index (χ0n) is 40.3. The quantitative estimate of drug-likeness (QED) is 0.0446. The number of Topliss-reactive ketones (excluding diaryl/α,β-unsaturated/α-hetero) is 1. The molecule has 3 aliphatic rings. The van der Waals surface area contributed by atoms with E-state index in [1.165, 1.54) is 0 Å². The molecule has 2 saturated carbocycles. The van der Waals surface area contributed by atoms with Gasteiger partial charge in [0.1, 0.15) is 29.6 Å². The van der Waals surface area contributed by atoms with E-state index in [1.54, 1.807) is 27.4 Å². The molecule has 7 heterocycles. The van der Waals surface area contributed by atoms with Crippen LogP contribution < -0.4 is 10.6 Å². The van der Waals surface area contributed by atoms with Crippen molar-refractivity contribution in [3.63, 3.8) is 0 Å². The van der Waals surface area contributed by atoms with E-state index in [-0.39, 0.29) is 62.9 Å². The number of hydrogen-bond acceptors (Lipinski definition) is 17. The Hall–Kier alpha value is -7.70. The maximum absolute atomic E-state index is 12.9. The van der Waals surface area contributed by atoms with Crippen molar-refractivity contribution in [3.05, 3.63) is 132 Å². The molecule has 76 heavy (non-hydrogen) atoms. The van der Waals surface area contributed by atoms with E-state index >= 15 is 0 Å². The van der Waals surface area contributed by atoms with Gasteiger partial charge in [-0.2, -0.15) is 9.97 Å². The molecule has 0 bridgehead atoms. The molecule has 3 fully saturated rings. The number of rotatable bonds is 9. The Labute approximate surface area is 432 Å². The zero-order chi connectivity index (χ0) is 55.8. The molecule has 1 aliphatic heterocycles. The highest BCUT2D eigenvalue weighted by Crippen LogP contribution is 2.49. The maximum Gasteiger partial charge on any atom is 0.274 e. The number of halogens is 8. The highest BCUT2D eigenvalue weighted by atomic mass is 32.1. The number of aryl methyl sites for hydroxylation is 2. The third kappa shape index (κ3) is 15.2. The molecule has 0 unspecified atom stereocenters. The monoisotopic (exact) mass is 1100 g/mol. The van der Waals surface area contributed by atoms with Crippen molar-refractivity contribution >= 4 is 53.1 Å². The number of aromatic nitrogens is 8. The summed E-state index contributed by atoms with van der Waals surface area (Å²) in [5.41, 5.74) is 6.99. The van der Waals surface area contributed by atoms with E-state index in [2.05, 4.69) is 40.9 Å². The Bertz CT molecular complexity index is 3080. The topological polar surface area (TPSA) is 267 Å². The van der Waals surface area contributed by atoms with Crippen LogP contribution in [0.3, 0.4) is 0 Å². The molecule has 2 aromatic carbocycles. The van der Waals surface area contributed by atoms with E-state index in [0.29, 0.717) is 83.5 Å². The van der Waals surface area contributed by atoms with Gasteiger partial charge in [0, 0.05) is 103 Å². The number of thiol groups is 1. The highest BCUT2D eigenvalue weighted by molar-refractivity contribution is 7.74. The molecule has 0 radical (unpaired) electrons. The summed E-state index contributed by atoms with van der Waals surface area (Å²) < 4.78 is 103. The van der Waals surface area contributed by atoms with Gasteiger partial charge in [0.25, 0.3) is 11.8 Å². The van der Waals surface area contributed by atoms with E-state index in [1.807, 2.05) is 92.8 Å². The number of nitrogens with zero attached hydrogens (tertiary/aromatic N) is 8. The van der Waals surface area contributed by atoms with Crippen LogP contribution in [0.15, 0.2) is 107 Å². The second-order valence-electron chi connectivity index (χ2n) is 15.8. The summed E-state index contributed by atoms with van der Waals surface area (Å²) in [5.74, 6) is 1.39. The number of ketones is 1. The van der Waals surface area contributed by atoms with E-state index in [0.717, 1.165) is 35.1 Å². The first-order chi connectivity index (χ1) is 37.0. The smallest absolute Gasteiger partial charge is 0.274 e. The summed E-state index contributed by atoms with van der Waals surface area (Å²) in [4.78, 5) is 54.4. The predicted molar refractivity (Wildman–Crippen MR) is 260 cm³/mol. The molecule has 2 amide bonds. The van der Waals surface area contributed by atoms with Crippen LogP contribution >= 0.6 is 12.8 Å². The molecule has 2 aliphatic carbocycles. The third-order valence-electron chi connectivity index (χ3n) is 11.3. The minimum Gasteiger partial charge on any atom is -0.394 e. The second kappa shape index (κ2) is 31.2. The van der Waals surface area contributed by atoms with Gasteiger partial charge in [0.15, 0.2) is 5.79 Å². The fraction of sp³-hybridized carbons (Fsp3) is 0.298. The number of ether oxygens (including phenoxy) is 2. The lowest BCUT2D eigenvalue weighted by molar-refractivity contribution is -0.218. The van der Waals surface area contributed by atoms with E-state index < -0.39 is 5.79 Å². The van der Waals surface area contributed by atoms with Gasteiger partial charge in [-0.05, 0) is 74.2 Å². The van der Waals surface area contributed by atoms with E-state index in [9.17, 15) is 14.4 Å². The molecule has 0 atom stereocenters. The van der Waals surface area contributed by atoms with Crippen LogP contribution in [-0.4, -0.2) is 105 Å². The van der Waals surface area contributed by atoms with Gasteiger partial charge in [0.2, 0.25) is 23.4 Å². The number of imidazole rings is 2. The number of pyridine rings is 2. The van der Waals surface area contributed by atoms with E-state index in [4.69, 9.17) is 71.0 Å². The van der Waals surface area contributed by atoms with Crippen molar-refractivity contribution in [2.75, 3.05) is 37.1 Å². The van der Waals surface area contributed by atoms with Crippen molar-refractivity contribution in [1.29, 1.82) is 1.12 Å². The van der Waals surface area contributed by atoms with Gasteiger partial charge in [0.05, 0.1) is 44.7 Å². The normalized spacial score (nSPS) is 13.8. The first kappa shape index (κ1) is 60.9. The van der Waals surface area contributed by atoms with Gasteiger partial charge >= 0.3 is 0 Å². The van der Waals surface area contributed by atoms with Gasteiger partial charge in [-0.3, -0.25) is 23.2 Å². The molecule has 6 aromatic heterocycles. The highest BCUT2D eigenvalue weighted by Gasteiger charge is 2.51. The van der Waals surface area contributed by atoms with Crippen molar-refractivity contribution in [1.82, 2.24) is 39.1 Å². The number of hydrogen-bond donors (Lipinski definition) is 6. The number of anilines is 2. The lowest BCUT2D eigenvalue weighted by Crippen LogP contribution is -2.43. The molecule has 8 aromatic rings. The molecule has 410 valence electrons. The summed E-state index contributed by atoms with van der Waals surface area (Å²) in [5, 5.41) is 29.4. The van der Waals surface area contributed by atoms with Crippen LogP contribution in [0.1, 0.15) is 88.8 Å². The van der Waals surface area contributed by atoms with Crippen molar-refractivity contribution in [3.8, 4) is 22.8 Å². The fourth-order valence-corrected chi connectivity index (χ4v) is 7.66. The standard InChI is InChI=1S/C23H21N5O4.C21H17N5O3.C2H6O2.CH4.4F2.H2OS/c1-14-5-6-15(20-26-22(32-27-20)16-11-23(12-16)30-8-9-31-23)10-17(14)25-21(29)18-13-24-19-4-2-3-7-28(18)19;1-12-5-6-13(19-24-21(29-25-19)14-8-15(27)9-14)10-16(12)23-20(28)17-11-22-18-4-2-3-7-26(17)18;3-1-2-4;;5*1-2/h2-7,10,13,16H,8-9,11-12H2,1H3,(H,25,29);2-7,10-11,14H,8-9H2,1H3,(H,23,28);3-4H,1-2H2;1H4;;;;;1-2H/i/hT. The van der Waals surface area contributed by atoms with Crippen LogP contribution in [0.5, 0.6) is 0 Å². The van der Waals surface area contributed by atoms with Crippen molar-refractivity contribution in [2.45, 2.75) is 64.6 Å². The lowest BCUT2D eigenvalue weighted by Gasteiger charge is -2.40. The summed E-state index contributed by atoms with van der Waals surface area (Å²) in [7, 11) is 0. The number of nitrogens with one attached hydrogen (secondary N) is 2. The molecule has 1 spiro atoms. The van der Waals surface area contributed by atoms with Gasteiger partial charge < -0.3 is 43.9 Å². The summed E-state index contributed by atoms with van der Waals surface area (Å²) in [6.45, 7) is 4.87. The van der Waals surface area contributed by atoms with Crippen LogP contribution in [0.2, 0.25) is 0 Å². The molecule has 29 heteroatoms. The van der Waals surface area contributed by atoms with Crippen molar-refractivity contribution in [2.24, 2.45) is 0 Å². The van der Waals surface area contributed by atoms with Gasteiger partial charge in [-0.1, -0.05) is 54.1 Å². The Morgan fingerprint density at radius 2 is 1.11 bits per heavy atom. The number of carbonyl (C=O) groups is 3. The van der Waals surface area contributed by atoms with Crippen LogP contribution in [-0.2, 0) is 14.3 Å². The molecular weight excluding hydrogens is 1050 g/mol. The minimum absolute atomic E-state index is 0. The number of carbonyl (C=O) groups excluding carboxylic acids is 3. The molecule has 20 nitrogen and oxygen atoms in total. The molecule has 1 saturated heterocycles. The molecule has 11 rings (SSSR count). The minimum atomic E-state index is -0.460. The average Bonchev–Trinajstić information content (AvgIpc) is 4.32. The summed E-state index contributed by atoms with van der Waals surface area (Å²) in [6, 6.07) is 22.4. The number of aliphatic hydroxyl groups excluding tert-OH is 2. The zero-order valence-corrected chi connectivity index (χ0v) is 40.1. The first-order valence-electron chi connectivity index (χ1n) is 22.1. The van der Waals surface area contributed by atoms with Crippen molar-refractivity contribution < 1.29 is 84.3 Å². The Kier molecular flexibility index (Phi) is 25.0. The molecule has 5 N–H and O–H groups in total. The number of aliphatic hydroxyl groups is 2. The van der Waals surface area contributed by atoms with Crippen LogP contribution in [0.25, 0.3) is 34.1 Å². The SMILES string of the molecule is C.Cc1ccc(-c2noc(C3CC(=O)C3)n2)cc1NC(=O)c1cnc2ccccn12.Cc1ccc(-c2noc(C3CC4(C3)OCCO4)n2)cc1NC(=O)c1cnc2ccccn12.FF.FF.FF.FF.OCCO.[3H]SO. The Balaban J connectivity index is 0.000000322. The van der Waals surface area contributed by atoms with Crippen LogP contribution in [0.4, 0.5) is 48.0 Å². The van der Waals surface area contributed by atoms with Crippen LogP contribution in [0, 0.1) is 13.8 Å². The number of benzene rings is 2. The molecular formula is C47H50F8N10O10S. The first-order valence-corrected chi connectivity index (χ1v) is 22.1. The summed E-state index contributed by atoms with van der Waals surface area (Å²) in [6.07, 6.45) is 9.09. The predicted octanol–water partition coefficient (Wildman–Crippen LogP) is 10.3. The summed E-state index contributed by atoms with van der Waals surface area (Å²) >= 11 is -0.000000000000000222. The number of amides is 2. The maximum atomic E-state index is 12.9. The largest absolute Gasteiger partial charge is 0.394 e. The fourth-order valence-electron chi connectivity index (χ4n) is 7.66. The lowest BCUT2D eigenvalue weighted by atomic mass is 9.79. The average molecular weight is 1100 g/mol.